The maximum Gasteiger partial charge on any atom is 0.414 e. The van der Waals surface area contributed by atoms with Crippen molar-refractivity contribution in [1.29, 1.82) is 0 Å². The minimum absolute atomic E-state index is 0.163. The van der Waals surface area contributed by atoms with E-state index in [1.165, 1.54) is 50.7 Å². The molecule has 1 amide bonds. The zero-order valence-electron chi connectivity index (χ0n) is 24.4. The highest BCUT2D eigenvalue weighted by atomic mass is 32.1. The molecule has 2 aliphatic heterocycles. The van der Waals surface area contributed by atoms with Gasteiger partial charge in [-0.15, -0.1) is 11.3 Å². The number of amides is 1. The molecule has 3 aromatic rings. The number of carbonyl (C=O) groups is 3. The van der Waals surface area contributed by atoms with Gasteiger partial charge in [-0.05, 0) is 84.2 Å². The van der Waals surface area contributed by atoms with Crippen LogP contribution in [0.5, 0.6) is 0 Å². The van der Waals surface area contributed by atoms with E-state index in [4.69, 9.17) is 19.8 Å². The Morgan fingerprint density at radius 3 is 1.84 bits per heavy atom. The molecule has 2 N–H and O–H groups in total. The number of piperidine rings is 1. The highest BCUT2D eigenvalue weighted by Crippen LogP contribution is 2.35. The number of hydrogen-bond acceptors (Lipinski definition) is 5. The van der Waals surface area contributed by atoms with E-state index in [9.17, 15) is 13.6 Å². The fourth-order valence-corrected chi connectivity index (χ4v) is 7.22. The average Bonchev–Trinajstić information content (AvgIpc) is 3.35. The van der Waals surface area contributed by atoms with Gasteiger partial charge in [0.2, 0.25) is 5.91 Å². The van der Waals surface area contributed by atoms with Crippen molar-refractivity contribution >= 4 is 34.8 Å². The number of rotatable bonds is 6. The fourth-order valence-electron chi connectivity index (χ4n) is 5.77. The molecule has 1 fully saturated rings. The Hall–Kier alpha value is -3.89. The number of halogens is 2. The van der Waals surface area contributed by atoms with Crippen molar-refractivity contribution in [2.24, 2.45) is 0 Å². The van der Waals surface area contributed by atoms with Crippen molar-refractivity contribution in [3.8, 4) is 0 Å². The molecule has 43 heavy (non-hydrogen) atoms. The van der Waals surface area contributed by atoms with Crippen LogP contribution in [-0.2, 0) is 40.2 Å². The van der Waals surface area contributed by atoms with Crippen LogP contribution in [0.3, 0.4) is 0 Å². The van der Waals surface area contributed by atoms with E-state index >= 15 is 0 Å². The molecule has 0 bridgehead atoms. The van der Waals surface area contributed by atoms with Crippen molar-refractivity contribution in [3.05, 3.63) is 97.7 Å². The molecule has 1 aromatic heterocycles. The Labute approximate surface area is 254 Å². The summed E-state index contributed by atoms with van der Waals surface area (Å²) >= 11 is 1.91. The summed E-state index contributed by atoms with van der Waals surface area (Å²) in [6.07, 6.45) is 4.95. The summed E-state index contributed by atoms with van der Waals surface area (Å²) in [5.41, 5.74) is 7.41. The number of thiophene rings is 1. The predicted octanol–water partition coefficient (Wildman–Crippen LogP) is 5.79. The number of hydrogen-bond donors (Lipinski definition) is 2. The molecule has 0 aliphatic carbocycles. The van der Waals surface area contributed by atoms with Crippen molar-refractivity contribution in [3.63, 3.8) is 0 Å². The minimum atomic E-state index is -1.82. The Balaban J connectivity index is 0.000000641. The molecular formula is C33H36F2N2O5S. The third-order valence-electron chi connectivity index (χ3n) is 7.97. The third-order valence-corrected chi connectivity index (χ3v) is 9.28. The van der Waals surface area contributed by atoms with E-state index in [2.05, 4.69) is 11.8 Å². The van der Waals surface area contributed by atoms with Crippen LogP contribution in [0.2, 0.25) is 0 Å². The number of nitrogens with zero attached hydrogens (tertiary/aromatic N) is 2. The zero-order valence-corrected chi connectivity index (χ0v) is 25.2. The molecule has 5 rings (SSSR count). The molecule has 0 saturated carbocycles. The number of aliphatic carboxylic acids is 2. The number of carbonyl (C=O) groups excluding carboxylic acids is 1. The number of carboxylic acid groups (broad SMARTS) is 2. The van der Waals surface area contributed by atoms with Gasteiger partial charge in [0.05, 0.1) is 6.54 Å². The lowest BCUT2D eigenvalue weighted by Crippen LogP contribution is -2.33. The van der Waals surface area contributed by atoms with Gasteiger partial charge in [-0.2, -0.15) is 0 Å². The smallest absolute Gasteiger partial charge is 0.414 e. The maximum absolute atomic E-state index is 13.6. The first-order valence-electron chi connectivity index (χ1n) is 14.4. The molecule has 7 nitrogen and oxygen atoms in total. The Bertz CT molecular complexity index is 1430. The molecule has 0 radical (unpaired) electrons. The quantitative estimate of drug-likeness (QED) is 0.343. The summed E-state index contributed by atoms with van der Waals surface area (Å²) in [7, 11) is 0. The van der Waals surface area contributed by atoms with Gasteiger partial charge >= 0.3 is 11.9 Å². The molecule has 3 heterocycles. The molecule has 228 valence electrons. The summed E-state index contributed by atoms with van der Waals surface area (Å²) in [5.74, 6) is -3.99. The van der Waals surface area contributed by atoms with Crippen molar-refractivity contribution in [1.82, 2.24) is 9.80 Å². The van der Waals surface area contributed by atoms with Crippen LogP contribution >= 0.6 is 11.3 Å². The molecular weight excluding hydrogens is 574 g/mol. The van der Waals surface area contributed by atoms with Crippen LogP contribution in [0.25, 0.3) is 5.57 Å². The fraction of sp³-hybridized carbons (Fsp3) is 0.364. The van der Waals surface area contributed by atoms with Crippen LogP contribution < -0.4 is 0 Å². The van der Waals surface area contributed by atoms with E-state index in [0.717, 1.165) is 81.5 Å². The summed E-state index contributed by atoms with van der Waals surface area (Å²) in [6.45, 7) is 8.48. The monoisotopic (exact) mass is 610 g/mol. The van der Waals surface area contributed by atoms with Crippen LogP contribution in [0.1, 0.15) is 58.7 Å². The van der Waals surface area contributed by atoms with Gasteiger partial charge in [-0.3, -0.25) is 4.79 Å². The standard InChI is InChI=1S/C31H34F2N2OS.C2H2O4/c1-3-27-28-14-19-35(21(2)36)20-30(28)37-29(27)15-18-34-16-12-24(13-17-34)31(22-4-8-25(32)9-5-22)23-6-10-26(33)11-7-23;3-1(4)2(5)6/h4-11H,3,12-20H2,1-2H3;(H,3,4)(H,5,6). The number of carboxylic acids is 2. The van der Waals surface area contributed by atoms with Crippen molar-refractivity contribution in [2.75, 3.05) is 26.2 Å². The van der Waals surface area contributed by atoms with E-state index in [-0.39, 0.29) is 17.5 Å². The van der Waals surface area contributed by atoms with Crippen LogP contribution in [-0.4, -0.2) is 64.0 Å². The minimum Gasteiger partial charge on any atom is -0.473 e. The van der Waals surface area contributed by atoms with Gasteiger partial charge < -0.3 is 20.0 Å². The van der Waals surface area contributed by atoms with Gasteiger partial charge in [0.25, 0.3) is 0 Å². The highest BCUT2D eigenvalue weighted by Gasteiger charge is 2.25. The van der Waals surface area contributed by atoms with Gasteiger partial charge in [0.15, 0.2) is 0 Å². The average molecular weight is 611 g/mol. The molecule has 10 heteroatoms. The Morgan fingerprint density at radius 2 is 1.37 bits per heavy atom. The first-order valence-corrected chi connectivity index (χ1v) is 15.2. The third kappa shape index (κ3) is 8.14. The molecule has 0 unspecified atom stereocenters. The molecule has 1 saturated heterocycles. The predicted molar refractivity (Wildman–Crippen MR) is 162 cm³/mol. The lowest BCUT2D eigenvalue weighted by molar-refractivity contribution is -0.159. The van der Waals surface area contributed by atoms with E-state index in [1.807, 2.05) is 40.5 Å². The number of likely N-dealkylation sites (tertiary alicyclic amines) is 1. The summed E-state index contributed by atoms with van der Waals surface area (Å²) in [6, 6.07) is 13.3. The Kier molecular flexibility index (Phi) is 10.8. The largest absolute Gasteiger partial charge is 0.473 e. The normalized spacial score (nSPS) is 14.9. The first-order chi connectivity index (χ1) is 20.6. The zero-order chi connectivity index (χ0) is 31.1. The lowest BCUT2D eigenvalue weighted by Gasteiger charge is -2.30. The second-order valence-corrected chi connectivity index (χ2v) is 11.8. The van der Waals surface area contributed by atoms with E-state index < -0.39 is 11.9 Å². The van der Waals surface area contributed by atoms with Crippen LogP contribution in [0.15, 0.2) is 54.1 Å². The molecule has 2 aliphatic rings. The maximum atomic E-state index is 13.6. The topological polar surface area (TPSA) is 98.2 Å². The van der Waals surface area contributed by atoms with Gasteiger partial charge in [0.1, 0.15) is 11.6 Å². The summed E-state index contributed by atoms with van der Waals surface area (Å²) < 4.78 is 27.2. The first kappa shape index (κ1) is 32.0. The molecule has 0 spiro atoms. The SMILES string of the molecule is CCc1c(CCN2CCC(=C(c3ccc(F)cc3)c3ccc(F)cc3)CC2)sc2c1CCN(C(C)=O)C2.O=C(O)C(=O)O. The van der Waals surface area contributed by atoms with Gasteiger partial charge in [-0.25, -0.2) is 18.4 Å². The second-order valence-electron chi connectivity index (χ2n) is 10.6. The number of benzene rings is 2. The highest BCUT2D eigenvalue weighted by molar-refractivity contribution is 7.12. The van der Waals surface area contributed by atoms with E-state index in [0.29, 0.717) is 0 Å². The molecule has 0 atom stereocenters. The summed E-state index contributed by atoms with van der Waals surface area (Å²) in [5, 5.41) is 14.8. The lowest BCUT2D eigenvalue weighted by atomic mass is 9.88. The Morgan fingerprint density at radius 1 is 0.837 bits per heavy atom. The van der Waals surface area contributed by atoms with Crippen LogP contribution in [0, 0.1) is 11.6 Å². The van der Waals surface area contributed by atoms with Crippen LogP contribution in [0.4, 0.5) is 8.78 Å². The second kappa shape index (κ2) is 14.5. The van der Waals surface area contributed by atoms with E-state index in [1.54, 1.807) is 6.92 Å². The van der Waals surface area contributed by atoms with Gasteiger partial charge in [0, 0.05) is 42.9 Å². The van der Waals surface area contributed by atoms with Gasteiger partial charge in [-0.1, -0.05) is 36.8 Å². The number of fused-ring (bicyclic) bond motifs is 1. The molecule has 2 aromatic carbocycles. The van der Waals surface area contributed by atoms with Crippen molar-refractivity contribution in [2.45, 2.75) is 52.5 Å². The summed E-state index contributed by atoms with van der Waals surface area (Å²) in [4.78, 5) is 37.4. The van der Waals surface area contributed by atoms with Crippen molar-refractivity contribution < 1.29 is 33.4 Å².